The minimum atomic E-state index is -0.542. The monoisotopic (exact) mass is 492 g/mol. The highest BCUT2D eigenvalue weighted by molar-refractivity contribution is 6.36. The lowest BCUT2D eigenvalue weighted by atomic mass is 10.1. The molecule has 1 fully saturated rings. The van der Waals surface area contributed by atoms with E-state index in [1.54, 1.807) is 29.7 Å². The molecular formula is C24H25ClN8O2. The van der Waals surface area contributed by atoms with Crippen LogP contribution in [0.15, 0.2) is 43.0 Å². The van der Waals surface area contributed by atoms with Crippen LogP contribution in [0.1, 0.15) is 20.8 Å². The number of carbonyl (C=O) groups excluding carboxylic acids is 1. The molecule has 10 nitrogen and oxygen atoms in total. The number of hydrogen-bond acceptors (Lipinski definition) is 8. The summed E-state index contributed by atoms with van der Waals surface area (Å²) in [6.45, 7) is 7.73. The van der Waals surface area contributed by atoms with E-state index in [-0.39, 0.29) is 6.09 Å². The van der Waals surface area contributed by atoms with E-state index in [1.807, 2.05) is 39.0 Å². The molecule has 4 aromatic heterocycles. The Morgan fingerprint density at radius 1 is 1.06 bits per heavy atom. The van der Waals surface area contributed by atoms with Gasteiger partial charge in [-0.25, -0.2) is 14.8 Å². The Kier molecular flexibility index (Phi) is 5.98. The van der Waals surface area contributed by atoms with Crippen molar-refractivity contribution >= 4 is 34.4 Å². The molecule has 1 saturated heterocycles. The zero-order chi connectivity index (χ0) is 24.6. The number of anilines is 1. The molecule has 0 unspecified atom stereocenters. The topological polar surface area (TPSA) is 113 Å². The van der Waals surface area contributed by atoms with Gasteiger partial charge in [-0.3, -0.25) is 15.1 Å². The van der Waals surface area contributed by atoms with E-state index in [1.165, 1.54) is 0 Å². The van der Waals surface area contributed by atoms with Crippen molar-refractivity contribution in [2.24, 2.45) is 0 Å². The molecule has 1 aliphatic heterocycles. The summed E-state index contributed by atoms with van der Waals surface area (Å²) < 4.78 is 5.54. The molecule has 0 aliphatic carbocycles. The first-order chi connectivity index (χ1) is 16.8. The first kappa shape index (κ1) is 23.0. The van der Waals surface area contributed by atoms with Gasteiger partial charge in [0.05, 0.1) is 16.1 Å². The van der Waals surface area contributed by atoms with Crippen molar-refractivity contribution < 1.29 is 9.53 Å². The van der Waals surface area contributed by atoms with Gasteiger partial charge < -0.3 is 14.5 Å². The van der Waals surface area contributed by atoms with Crippen molar-refractivity contribution in [3.05, 3.63) is 48.0 Å². The summed E-state index contributed by atoms with van der Waals surface area (Å²) in [5.41, 5.74) is 2.26. The van der Waals surface area contributed by atoms with Crippen molar-refractivity contribution in [3.63, 3.8) is 0 Å². The van der Waals surface area contributed by atoms with Crippen molar-refractivity contribution in [2.75, 3.05) is 31.1 Å². The van der Waals surface area contributed by atoms with Crippen molar-refractivity contribution in [3.8, 4) is 22.8 Å². The van der Waals surface area contributed by atoms with Crippen LogP contribution in [0.25, 0.3) is 33.7 Å². The summed E-state index contributed by atoms with van der Waals surface area (Å²) in [5, 5.41) is 8.18. The van der Waals surface area contributed by atoms with Crippen LogP contribution >= 0.6 is 11.6 Å². The third kappa shape index (κ3) is 4.74. The molecule has 0 radical (unpaired) electrons. The minimum absolute atomic E-state index is 0.314. The Balaban J connectivity index is 1.57. The number of amides is 1. The van der Waals surface area contributed by atoms with Gasteiger partial charge in [0, 0.05) is 56.5 Å². The van der Waals surface area contributed by atoms with Crippen LogP contribution in [0.2, 0.25) is 5.02 Å². The predicted octanol–water partition coefficient (Wildman–Crippen LogP) is 4.19. The second-order valence-corrected chi connectivity index (χ2v) is 9.62. The molecule has 0 aromatic carbocycles. The Hall–Kier alpha value is -3.79. The zero-order valence-electron chi connectivity index (χ0n) is 19.7. The van der Waals surface area contributed by atoms with Gasteiger partial charge in [-0.1, -0.05) is 11.6 Å². The summed E-state index contributed by atoms with van der Waals surface area (Å²) in [7, 11) is 0. The fourth-order valence-corrected chi connectivity index (χ4v) is 4.18. The normalized spacial score (nSPS) is 14.4. The van der Waals surface area contributed by atoms with Crippen LogP contribution in [-0.2, 0) is 4.74 Å². The number of aromatic amines is 1. The molecule has 0 bridgehead atoms. The van der Waals surface area contributed by atoms with Gasteiger partial charge in [0.25, 0.3) is 0 Å². The van der Waals surface area contributed by atoms with E-state index in [9.17, 15) is 4.79 Å². The second kappa shape index (κ2) is 9.10. The zero-order valence-corrected chi connectivity index (χ0v) is 20.5. The number of pyridine rings is 2. The van der Waals surface area contributed by atoms with Gasteiger partial charge in [-0.15, -0.1) is 0 Å². The Bertz CT molecular complexity index is 1350. The highest BCUT2D eigenvalue weighted by Crippen LogP contribution is 2.36. The van der Waals surface area contributed by atoms with Crippen LogP contribution in [0.4, 0.5) is 10.6 Å². The Labute approximate surface area is 207 Å². The van der Waals surface area contributed by atoms with Crippen LogP contribution < -0.4 is 4.90 Å². The molecule has 0 atom stereocenters. The van der Waals surface area contributed by atoms with E-state index < -0.39 is 5.60 Å². The molecule has 4 aromatic rings. The third-order valence-electron chi connectivity index (χ3n) is 5.59. The number of carbonyl (C=O) groups is 1. The average Bonchev–Trinajstić information content (AvgIpc) is 3.38. The largest absolute Gasteiger partial charge is 0.444 e. The molecule has 5 rings (SSSR count). The lowest BCUT2D eigenvalue weighted by molar-refractivity contribution is 0.0240. The molecular weight excluding hydrogens is 468 g/mol. The number of piperazine rings is 1. The van der Waals surface area contributed by atoms with Gasteiger partial charge in [-0.05, 0) is 39.0 Å². The van der Waals surface area contributed by atoms with Crippen LogP contribution in [0.3, 0.4) is 0 Å². The van der Waals surface area contributed by atoms with Crippen molar-refractivity contribution in [1.82, 2.24) is 35.0 Å². The van der Waals surface area contributed by atoms with Gasteiger partial charge in [0.15, 0.2) is 5.82 Å². The summed E-state index contributed by atoms with van der Waals surface area (Å²) in [6, 6.07) is 5.56. The van der Waals surface area contributed by atoms with E-state index in [0.717, 1.165) is 11.3 Å². The van der Waals surface area contributed by atoms with Crippen LogP contribution in [-0.4, -0.2) is 72.9 Å². The molecule has 5 heterocycles. The highest BCUT2D eigenvalue weighted by Gasteiger charge is 2.28. The number of H-pyrrole nitrogens is 1. The number of nitrogens with one attached hydrogen (secondary N) is 1. The number of halogens is 1. The molecule has 0 saturated carbocycles. The number of hydrogen-bond donors (Lipinski definition) is 1. The maximum atomic E-state index is 12.6. The number of fused-ring (bicyclic) bond motifs is 1. The van der Waals surface area contributed by atoms with E-state index in [2.05, 4.69) is 25.1 Å². The minimum Gasteiger partial charge on any atom is -0.444 e. The quantitative estimate of drug-likeness (QED) is 0.453. The molecule has 1 amide bonds. The first-order valence-corrected chi connectivity index (χ1v) is 11.7. The Morgan fingerprint density at radius 3 is 2.46 bits per heavy atom. The fourth-order valence-electron chi connectivity index (χ4n) is 3.96. The number of nitrogens with zero attached hydrogens (tertiary/aromatic N) is 7. The van der Waals surface area contributed by atoms with Crippen molar-refractivity contribution in [2.45, 2.75) is 26.4 Å². The van der Waals surface area contributed by atoms with Crippen molar-refractivity contribution in [1.29, 1.82) is 0 Å². The number of ether oxygens (including phenoxy) is 1. The number of aromatic nitrogens is 6. The van der Waals surface area contributed by atoms with Crippen LogP contribution in [0, 0.1) is 0 Å². The van der Waals surface area contributed by atoms with Crippen LogP contribution in [0.5, 0.6) is 0 Å². The summed E-state index contributed by atoms with van der Waals surface area (Å²) in [5.74, 6) is 1.23. The standard InChI is InChI=1S/C24H25ClN8O2/c1-24(2,3)35-23(34)33-12-10-32(11-13-33)22-18-16(25)14-27-19(17-6-9-28-31-17)20(18)29-21(30-22)15-4-7-26-8-5-15/h4-9,14H,10-13H2,1-3H3,(H,28,31). The highest BCUT2D eigenvalue weighted by atomic mass is 35.5. The van der Waals surface area contributed by atoms with Gasteiger partial charge >= 0.3 is 6.09 Å². The second-order valence-electron chi connectivity index (χ2n) is 9.21. The molecule has 1 N–H and O–H groups in total. The Morgan fingerprint density at radius 2 is 1.80 bits per heavy atom. The average molecular weight is 493 g/mol. The van der Waals surface area contributed by atoms with Gasteiger partial charge in [0.2, 0.25) is 0 Å². The summed E-state index contributed by atoms with van der Waals surface area (Å²) in [6.07, 6.45) is 6.36. The maximum absolute atomic E-state index is 12.6. The SMILES string of the molecule is CC(C)(C)OC(=O)N1CCN(c2nc(-c3ccncc3)nc3c(-c4ccn[nH]4)ncc(Cl)c23)CC1. The predicted molar refractivity (Wildman–Crippen MR) is 133 cm³/mol. The van der Waals surface area contributed by atoms with E-state index in [0.29, 0.717) is 59.4 Å². The maximum Gasteiger partial charge on any atom is 0.410 e. The van der Waals surface area contributed by atoms with E-state index in [4.69, 9.17) is 26.3 Å². The first-order valence-electron chi connectivity index (χ1n) is 11.3. The summed E-state index contributed by atoms with van der Waals surface area (Å²) in [4.78, 5) is 34.8. The fraction of sp³-hybridized carbons (Fsp3) is 0.333. The number of rotatable bonds is 3. The van der Waals surface area contributed by atoms with Gasteiger partial charge in [-0.2, -0.15) is 5.10 Å². The molecule has 0 spiro atoms. The lowest BCUT2D eigenvalue weighted by Crippen LogP contribution is -2.50. The lowest BCUT2D eigenvalue weighted by Gasteiger charge is -2.36. The molecule has 180 valence electrons. The third-order valence-corrected chi connectivity index (χ3v) is 5.87. The molecule has 11 heteroatoms. The smallest absolute Gasteiger partial charge is 0.410 e. The summed E-state index contributed by atoms with van der Waals surface area (Å²) >= 11 is 6.68. The van der Waals surface area contributed by atoms with E-state index >= 15 is 0 Å². The molecule has 35 heavy (non-hydrogen) atoms. The molecule has 1 aliphatic rings. The van der Waals surface area contributed by atoms with Gasteiger partial charge in [0.1, 0.15) is 22.6 Å².